The van der Waals surface area contributed by atoms with E-state index >= 15 is 0 Å². The lowest BCUT2D eigenvalue weighted by atomic mass is 10.1. The van der Waals surface area contributed by atoms with E-state index in [0.717, 1.165) is 12.8 Å². The normalized spacial score (nSPS) is 18.1. The smallest absolute Gasteiger partial charge is 0.224 e. The highest BCUT2D eigenvalue weighted by atomic mass is 32.2. The minimum Gasteiger partial charge on any atom is -0.325 e. The number of carbonyl (C=O) groups is 1. The minimum absolute atomic E-state index is 0.0191. The highest BCUT2D eigenvalue weighted by Crippen LogP contribution is 2.24. The lowest BCUT2D eigenvalue weighted by Gasteiger charge is -2.12. The molecule has 1 aromatic carbocycles. The summed E-state index contributed by atoms with van der Waals surface area (Å²) < 4.78 is 24.0. The lowest BCUT2D eigenvalue weighted by molar-refractivity contribution is -0.116. The van der Waals surface area contributed by atoms with Gasteiger partial charge in [-0.3, -0.25) is 4.79 Å². The van der Waals surface area contributed by atoms with Crippen LogP contribution in [0.5, 0.6) is 0 Å². The van der Waals surface area contributed by atoms with E-state index in [2.05, 4.69) is 11.4 Å². The van der Waals surface area contributed by atoms with Crippen LogP contribution in [0, 0.1) is 5.92 Å². The Bertz CT molecular complexity index is 620. The van der Waals surface area contributed by atoms with Crippen molar-refractivity contribution in [2.45, 2.75) is 31.1 Å². The van der Waals surface area contributed by atoms with Crippen LogP contribution in [-0.4, -0.2) is 20.1 Å². The van der Waals surface area contributed by atoms with Gasteiger partial charge in [-0.25, -0.2) is 8.42 Å². The summed E-state index contributed by atoms with van der Waals surface area (Å²) in [6.07, 6.45) is 6.53. The first-order valence-corrected chi connectivity index (χ1v) is 8.46. The van der Waals surface area contributed by atoms with E-state index in [1.165, 1.54) is 6.07 Å². The molecule has 1 amide bonds. The van der Waals surface area contributed by atoms with Crippen molar-refractivity contribution in [3.05, 3.63) is 36.4 Å². The van der Waals surface area contributed by atoms with Crippen LogP contribution in [0.15, 0.2) is 41.3 Å². The quantitative estimate of drug-likeness (QED) is 0.849. The predicted octanol–water partition coefficient (Wildman–Crippen LogP) is 2.78. The summed E-state index contributed by atoms with van der Waals surface area (Å²) in [7, 11) is -3.33. The number of nitrogens with one attached hydrogen (secondary N) is 1. The summed E-state index contributed by atoms with van der Waals surface area (Å²) in [5.74, 6) is 0.149. The first kappa shape index (κ1) is 14.8. The van der Waals surface area contributed by atoms with Crippen LogP contribution in [-0.2, 0) is 14.6 Å². The number of amides is 1. The van der Waals surface area contributed by atoms with Crippen molar-refractivity contribution in [3.63, 3.8) is 0 Å². The molecule has 0 aliphatic heterocycles. The van der Waals surface area contributed by atoms with Crippen molar-refractivity contribution < 1.29 is 13.2 Å². The van der Waals surface area contributed by atoms with Crippen molar-refractivity contribution in [2.75, 3.05) is 11.1 Å². The van der Waals surface area contributed by atoms with E-state index in [4.69, 9.17) is 0 Å². The monoisotopic (exact) mass is 293 g/mol. The summed E-state index contributed by atoms with van der Waals surface area (Å²) in [6, 6.07) is 6.55. The molecule has 0 bridgehead atoms. The van der Waals surface area contributed by atoms with Gasteiger partial charge in [0.2, 0.25) is 5.91 Å². The fourth-order valence-electron chi connectivity index (χ4n) is 2.30. The molecule has 1 N–H and O–H groups in total. The second-order valence-electron chi connectivity index (χ2n) is 4.92. The third-order valence-electron chi connectivity index (χ3n) is 3.44. The Balaban J connectivity index is 2.13. The van der Waals surface area contributed by atoms with Gasteiger partial charge < -0.3 is 5.32 Å². The zero-order chi connectivity index (χ0) is 14.6. The van der Waals surface area contributed by atoms with Crippen molar-refractivity contribution in [2.24, 2.45) is 5.92 Å². The third-order valence-corrected chi connectivity index (χ3v) is 5.22. The second kappa shape index (κ2) is 6.22. The number of anilines is 1. The Hall–Kier alpha value is -1.62. The minimum atomic E-state index is -3.33. The van der Waals surface area contributed by atoms with Gasteiger partial charge in [0.05, 0.1) is 16.3 Å². The molecule has 0 spiro atoms. The molecule has 0 aromatic heterocycles. The molecule has 1 aliphatic carbocycles. The molecule has 0 radical (unpaired) electrons. The summed E-state index contributed by atoms with van der Waals surface area (Å²) in [4.78, 5) is 12.2. The number of sulfone groups is 1. The molecule has 1 atom stereocenters. The van der Waals surface area contributed by atoms with E-state index in [0.29, 0.717) is 12.1 Å². The fraction of sp³-hybridized carbons (Fsp3) is 0.400. The molecule has 5 heteroatoms. The number of allylic oxidation sites excluding steroid dienone is 2. The zero-order valence-corrected chi connectivity index (χ0v) is 12.3. The Labute approximate surface area is 119 Å². The summed E-state index contributed by atoms with van der Waals surface area (Å²) >= 11 is 0. The number of benzene rings is 1. The lowest BCUT2D eigenvalue weighted by Crippen LogP contribution is -2.17. The first-order valence-electron chi connectivity index (χ1n) is 6.81. The van der Waals surface area contributed by atoms with Crippen LogP contribution in [0.25, 0.3) is 0 Å². The molecule has 1 aliphatic rings. The Morgan fingerprint density at radius 1 is 1.35 bits per heavy atom. The maximum absolute atomic E-state index is 12.0. The van der Waals surface area contributed by atoms with Crippen LogP contribution in [0.3, 0.4) is 0 Å². The average molecular weight is 293 g/mol. The van der Waals surface area contributed by atoms with Crippen LogP contribution in [0.2, 0.25) is 0 Å². The van der Waals surface area contributed by atoms with Gasteiger partial charge in [0.15, 0.2) is 9.84 Å². The van der Waals surface area contributed by atoms with Gasteiger partial charge in [-0.2, -0.15) is 0 Å². The standard InChI is InChI=1S/C15H19NO3S/c1-2-20(18,19)14-10-6-5-9-13(14)16-15(17)11-12-7-3-4-8-12/h3,5-7,9-10,12H,2,4,8,11H2,1H3,(H,16,17)/t12-/m0/s1. The van der Waals surface area contributed by atoms with Crippen LogP contribution >= 0.6 is 0 Å². The van der Waals surface area contributed by atoms with E-state index in [1.54, 1.807) is 25.1 Å². The van der Waals surface area contributed by atoms with Gasteiger partial charge in [-0.05, 0) is 30.9 Å². The molecule has 2 rings (SSSR count). The fourth-order valence-corrected chi connectivity index (χ4v) is 3.35. The molecule has 0 fully saturated rings. The van der Waals surface area contributed by atoms with Gasteiger partial charge in [0, 0.05) is 6.42 Å². The number of rotatable bonds is 5. The van der Waals surface area contributed by atoms with Gasteiger partial charge in [0.25, 0.3) is 0 Å². The van der Waals surface area contributed by atoms with Crippen LogP contribution in [0.1, 0.15) is 26.2 Å². The van der Waals surface area contributed by atoms with E-state index < -0.39 is 9.84 Å². The van der Waals surface area contributed by atoms with Gasteiger partial charge >= 0.3 is 0 Å². The van der Waals surface area contributed by atoms with E-state index in [9.17, 15) is 13.2 Å². The third kappa shape index (κ3) is 3.48. The molecule has 108 valence electrons. The maximum Gasteiger partial charge on any atom is 0.224 e. The molecule has 0 saturated carbocycles. The van der Waals surface area contributed by atoms with Gasteiger partial charge in [-0.1, -0.05) is 31.2 Å². The van der Waals surface area contributed by atoms with Crippen molar-refractivity contribution in [1.82, 2.24) is 0 Å². The van der Waals surface area contributed by atoms with Gasteiger partial charge in [0.1, 0.15) is 0 Å². The van der Waals surface area contributed by atoms with Crippen molar-refractivity contribution in [3.8, 4) is 0 Å². The van der Waals surface area contributed by atoms with Crippen molar-refractivity contribution in [1.29, 1.82) is 0 Å². The summed E-state index contributed by atoms with van der Waals surface area (Å²) in [6.45, 7) is 1.59. The Morgan fingerprint density at radius 2 is 2.10 bits per heavy atom. The highest BCUT2D eigenvalue weighted by Gasteiger charge is 2.19. The molecular formula is C15H19NO3S. The largest absolute Gasteiger partial charge is 0.325 e. The molecule has 4 nitrogen and oxygen atoms in total. The summed E-state index contributed by atoms with van der Waals surface area (Å²) in [5, 5.41) is 2.73. The predicted molar refractivity (Wildman–Crippen MR) is 79.3 cm³/mol. The number of carbonyl (C=O) groups excluding carboxylic acids is 1. The van der Waals surface area contributed by atoms with Crippen LogP contribution < -0.4 is 5.32 Å². The molecule has 20 heavy (non-hydrogen) atoms. The number of hydrogen-bond acceptors (Lipinski definition) is 3. The van der Waals surface area contributed by atoms with Crippen molar-refractivity contribution >= 4 is 21.4 Å². The molecule has 0 unspecified atom stereocenters. The second-order valence-corrected chi connectivity index (χ2v) is 7.16. The van der Waals surface area contributed by atoms with Gasteiger partial charge in [-0.15, -0.1) is 0 Å². The van der Waals surface area contributed by atoms with E-state index in [-0.39, 0.29) is 22.5 Å². The topological polar surface area (TPSA) is 63.2 Å². The average Bonchev–Trinajstić information content (AvgIpc) is 2.92. The molecule has 0 saturated heterocycles. The summed E-state index contributed by atoms with van der Waals surface area (Å²) in [5.41, 5.74) is 0.376. The zero-order valence-electron chi connectivity index (χ0n) is 11.5. The van der Waals surface area contributed by atoms with E-state index in [1.807, 2.05) is 6.08 Å². The Morgan fingerprint density at radius 3 is 2.75 bits per heavy atom. The number of hydrogen-bond donors (Lipinski definition) is 1. The first-order chi connectivity index (χ1) is 9.53. The Kier molecular flexibility index (Phi) is 4.60. The SMILES string of the molecule is CCS(=O)(=O)c1ccccc1NC(=O)C[C@H]1C=CCC1. The molecule has 1 aromatic rings. The molecule has 0 heterocycles. The molecular weight excluding hydrogens is 274 g/mol. The maximum atomic E-state index is 12.0. The highest BCUT2D eigenvalue weighted by molar-refractivity contribution is 7.91. The van der Waals surface area contributed by atoms with Crippen LogP contribution in [0.4, 0.5) is 5.69 Å². The number of para-hydroxylation sites is 1.